The zero-order valence-electron chi connectivity index (χ0n) is 18.4. The van der Waals surface area contributed by atoms with Crippen LogP contribution in [-0.2, 0) is 11.8 Å². The third kappa shape index (κ3) is 4.70. The van der Waals surface area contributed by atoms with Crippen molar-refractivity contribution >= 4 is 17.6 Å². The summed E-state index contributed by atoms with van der Waals surface area (Å²) in [7, 11) is 1.75. The lowest BCUT2D eigenvalue weighted by molar-refractivity contribution is 0.0935. The van der Waals surface area contributed by atoms with Crippen molar-refractivity contribution in [2.45, 2.75) is 43.6 Å². The van der Waals surface area contributed by atoms with Crippen LogP contribution in [0.1, 0.15) is 47.2 Å². The highest BCUT2D eigenvalue weighted by molar-refractivity contribution is 5.95. The second-order valence-corrected chi connectivity index (χ2v) is 8.61. The lowest BCUT2D eigenvalue weighted by atomic mass is 9.68. The molecule has 1 aliphatic carbocycles. The first-order chi connectivity index (χ1) is 15.6. The third-order valence-corrected chi connectivity index (χ3v) is 6.73. The maximum absolute atomic E-state index is 13.0. The molecule has 0 aromatic heterocycles. The first-order valence-corrected chi connectivity index (χ1v) is 11.3. The molecule has 2 aliphatic rings. The molecule has 0 spiro atoms. The predicted octanol–water partition coefficient (Wildman–Crippen LogP) is 2.91. The minimum absolute atomic E-state index is 0.0196. The van der Waals surface area contributed by atoms with Gasteiger partial charge >= 0.3 is 0 Å². The number of amides is 1. The molecule has 7 nitrogen and oxygen atoms in total. The van der Waals surface area contributed by atoms with E-state index in [2.05, 4.69) is 50.5 Å². The number of hydrogen-bond acceptors (Lipinski definition) is 4. The summed E-state index contributed by atoms with van der Waals surface area (Å²) >= 11 is 0. The van der Waals surface area contributed by atoms with Crippen molar-refractivity contribution in [1.82, 2.24) is 16.0 Å². The molecule has 0 bridgehead atoms. The van der Waals surface area contributed by atoms with Crippen LogP contribution in [-0.4, -0.2) is 38.0 Å². The Labute approximate surface area is 189 Å². The Morgan fingerprint density at radius 2 is 2.00 bits per heavy atom. The third-order valence-electron chi connectivity index (χ3n) is 6.73. The van der Waals surface area contributed by atoms with Gasteiger partial charge in [-0.3, -0.25) is 4.79 Å². The minimum atomic E-state index is -0.112. The van der Waals surface area contributed by atoms with Gasteiger partial charge in [0, 0.05) is 42.8 Å². The second kappa shape index (κ2) is 9.73. The van der Waals surface area contributed by atoms with Crippen molar-refractivity contribution in [3.05, 3.63) is 65.2 Å². The highest BCUT2D eigenvalue weighted by atomic mass is 16.1. The summed E-state index contributed by atoms with van der Waals surface area (Å²) in [6.45, 7) is 1.53. The van der Waals surface area contributed by atoms with E-state index in [0.29, 0.717) is 12.5 Å². The monoisotopic (exact) mass is 430 g/mol. The molecule has 2 aromatic carbocycles. The van der Waals surface area contributed by atoms with E-state index in [-0.39, 0.29) is 17.4 Å². The van der Waals surface area contributed by atoms with Crippen LogP contribution in [0.15, 0.2) is 53.5 Å². The molecule has 32 heavy (non-hydrogen) atoms. The van der Waals surface area contributed by atoms with E-state index in [1.54, 1.807) is 7.05 Å². The zero-order valence-corrected chi connectivity index (χ0v) is 18.4. The van der Waals surface area contributed by atoms with Gasteiger partial charge in [0.2, 0.25) is 12.2 Å². The number of carbonyl (C=O) groups is 1. The number of rotatable bonds is 5. The summed E-state index contributed by atoms with van der Waals surface area (Å²) in [5.74, 6) is 0.484. The highest BCUT2D eigenvalue weighted by Crippen LogP contribution is 2.39. The molecule has 1 saturated carbocycles. The maximum Gasteiger partial charge on any atom is 0.251 e. The molecule has 4 N–H and O–H groups in total. The van der Waals surface area contributed by atoms with Gasteiger partial charge in [-0.2, -0.15) is 5.26 Å². The number of benzene rings is 2. The Balaban J connectivity index is 1.46. The Kier molecular flexibility index (Phi) is 6.60. The molecule has 0 atom stereocenters. The van der Waals surface area contributed by atoms with Crippen molar-refractivity contribution in [3.8, 4) is 6.19 Å². The highest BCUT2D eigenvalue weighted by Gasteiger charge is 2.37. The van der Waals surface area contributed by atoms with Gasteiger partial charge in [-0.15, -0.1) is 4.99 Å². The van der Waals surface area contributed by atoms with E-state index >= 15 is 0 Å². The standard InChI is InChI=1S/C25H30N6O/c1-27-24(30-17-26)31-21-9-12-25(13-10-21,20-5-3-2-4-6-20)16-29-23(32)19-7-8-22-18(15-19)11-14-28-22/h2-8,15,21,28H,9-14,16H2,1H3,(H,29,32)(H2,27,30,31)/t21-,25-. The molecule has 1 fully saturated rings. The van der Waals surface area contributed by atoms with Crippen molar-refractivity contribution < 1.29 is 4.79 Å². The SMILES string of the molecule is CN/C(=N\C#N)N[C@H]1CC[C@](CNC(=O)c2ccc3c(c2)CCN3)(c2ccccc2)CC1. The van der Waals surface area contributed by atoms with Crippen LogP contribution in [0.5, 0.6) is 0 Å². The average Bonchev–Trinajstić information content (AvgIpc) is 3.32. The number of aliphatic imine (C=N–C) groups is 1. The maximum atomic E-state index is 13.0. The minimum Gasteiger partial charge on any atom is -0.384 e. The van der Waals surface area contributed by atoms with Crippen LogP contribution < -0.4 is 21.3 Å². The van der Waals surface area contributed by atoms with E-state index in [1.807, 2.05) is 30.5 Å². The van der Waals surface area contributed by atoms with Crippen molar-refractivity contribution in [1.29, 1.82) is 5.26 Å². The van der Waals surface area contributed by atoms with E-state index in [9.17, 15) is 4.79 Å². The number of nitrogens with zero attached hydrogens (tertiary/aromatic N) is 2. The molecule has 4 rings (SSSR count). The summed E-state index contributed by atoms with van der Waals surface area (Å²) in [6.07, 6.45) is 6.52. The van der Waals surface area contributed by atoms with Crippen LogP contribution in [0, 0.1) is 11.5 Å². The molecule has 1 heterocycles. The largest absolute Gasteiger partial charge is 0.384 e. The van der Waals surface area contributed by atoms with Gasteiger partial charge in [0.05, 0.1) is 0 Å². The molecule has 0 saturated heterocycles. The Morgan fingerprint density at radius 3 is 2.72 bits per heavy atom. The molecule has 7 heteroatoms. The number of guanidine groups is 1. The van der Waals surface area contributed by atoms with Gasteiger partial charge in [-0.05, 0) is 61.4 Å². The van der Waals surface area contributed by atoms with Gasteiger partial charge in [0.1, 0.15) is 0 Å². The average molecular weight is 431 g/mol. The smallest absolute Gasteiger partial charge is 0.251 e. The van der Waals surface area contributed by atoms with Crippen LogP contribution in [0.25, 0.3) is 0 Å². The number of nitriles is 1. The van der Waals surface area contributed by atoms with Gasteiger partial charge in [-0.25, -0.2) is 0 Å². The lowest BCUT2D eigenvalue weighted by Gasteiger charge is -2.41. The van der Waals surface area contributed by atoms with Crippen molar-refractivity contribution in [3.63, 3.8) is 0 Å². The first-order valence-electron chi connectivity index (χ1n) is 11.3. The molecule has 0 radical (unpaired) electrons. The normalized spacial score (nSPS) is 22.2. The fourth-order valence-corrected chi connectivity index (χ4v) is 4.88. The predicted molar refractivity (Wildman–Crippen MR) is 127 cm³/mol. The quantitative estimate of drug-likeness (QED) is 0.332. The molecular weight excluding hydrogens is 400 g/mol. The van der Waals surface area contributed by atoms with E-state index < -0.39 is 0 Å². The molecule has 1 aliphatic heterocycles. The van der Waals surface area contributed by atoms with E-state index in [4.69, 9.17) is 5.26 Å². The van der Waals surface area contributed by atoms with Crippen LogP contribution in [0.4, 0.5) is 5.69 Å². The summed E-state index contributed by atoms with van der Waals surface area (Å²) in [5, 5.41) is 21.7. The molecule has 1 amide bonds. The number of nitrogens with one attached hydrogen (secondary N) is 4. The Morgan fingerprint density at radius 1 is 1.22 bits per heavy atom. The number of carbonyl (C=O) groups excluding carboxylic acids is 1. The topological polar surface area (TPSA) is 101 Å². The number of hydrogen-bond donors (Lipinski definition) is 4. The first kappa shape index (κ1) is 21.7. The molecule has 166 valence electrons. The lowest BCUT2D eigenvalue weighted by Crippen LogP contribution is -2.49. The van der Waals surface area contributed by atoms with Crippen LogP contribution >= 0.6 is 0 Å². The fourth-order valence-electron chi connectivity index (χ4n) is 4.88. The fraction of sp³-hybridized carbons (Fsp3) is 0.400. The van der Waals surface area contributed by atoms with Crippen LogP contribution in [0.2, 0.25) is 0 Å². The van der Waals surface area contributed by atoms with Crippen LogP contribution in [0.3, 0.4) is 0 Å². The van der Waals surface area contributed by atoms with Crippen molar-refractivity contribution in [2.75, 3.05) is 25.5 Å². The summed E-state index contributed by atoms with van der Waals surface area (Å²) in [4.78, 5) is 16.8. The van der Waals surface area contributed by atoms with Gasteiger partial charge in [-0.1, -0.05) is 30.3 Å². The molecule has 0 unspecified atom stereocenters. The second-order valence-electron chi connectivity index (χ2n) is 8.61. The van der Waals surface area contributed by atoms with E-state index in [1.165, 1.54) is 11.1 Å². The summed E-state index contributed by atoms with van der Waals surface area (Å²) in [6, 6.07) is 16.6. The number of anilines is 1. The van der Waals surface area contributed by atoms with Gasteiger partial charge in [0.15, 0.2) is 0 Å². The van der Waals surface area contributed by atoms with Gasteiger partial charge in [0.25, 0.3) is 5.91 Å². The van der Waals surface area contributed by atoms with Gasteiger partial charge < -0.3 is 21.3 Å². The molecule has 2 aromatic rings. The number of fused-ring (bicyclic) bond motifs is 1. The Hall–Kier alpha value is -3.53. The summed E-state index contributed by atoms with van der Waals surface area (Å²) < 4.78 is 0. The Bertz CT molecular complexity index is 1020. The molecular formula is C25H30N6O. The van der Waals surface area contributed by atoms with Crippen molar-refractivity contribution in [2.24, 2.45) is 4.99 Å². The van der Waals surface area contributed by atoms with E-state index in [0.717, 1.165) is 49.9 Å². The summed E-state index contributed by atoms with van der Waals surface area (Å²) in [5.41, 5.74) is 4.21. The zero-order chi connectivity index (χ0) is 22.4.